The van der Waals surface area contributed by atoms with Crippen LogP contribution in [0.4, 0.5) is 4.79 Å². The second-order valence-corrected chi connectivity index (χ2v) is 5.83. The predicted octanol–water partition coefficient (Wildman–Crippen LogP) is 2.13. The molecule has 4 nitrogen and oxygen atoms in total. The van der Waals surface area contributed by atoms with Crippen LogP contribution in [0, 0.1) is 0 Å². The van der Waals surface area contributed by atoms with E-state index in [0.717, 1.165) is 29.5 Å². The van der Waals surface area contributed by atoms with Crippen molar-refractivity contribution in [2.24, 2.45) is 0 Å². The van der Waals surface area contributed by atoms with Crippen molar-refractivity contribution in [3.05, 3.63) is 34.3 Å². The van der Waals surface area contributed by atoms with Crippen molar-refractivity contribution in [1.29, 1.82) is 0 Å². The number of halogens is 1. The summed E-state index contributed by atoms with van der Waals surface area (Å²) in [7, 11) is 0. The fraction of sp³-hybridized carbons (Fsp3) is 0.462. The van der Waals surface area contributed by atoms with E-state index in [9.17, 15) is 4.79 Å². The molecule has 1 spiro atoms. The molecule has 2 saturated heterocycles. The molecule has 1 aromatic rings. The van der Waals surface area contributed by atoms with E-state index in [-0.39, 0.29) is 11.6 Å². The normalized spacial score (nSPS) is 26.9. The first-order valence-electron chi connectivity index (χ1n) is 6.09. The minimum Gasteiger partial charge on any atom is -0.447 e. The van der Waals surface area contributed by atoms with E-state index >= 15 is 0 Å². The lowest BCUT2D eigenvalue weighted by Crippen LogP contribution is -2.48. The summed E-state index contributed by atoms with van der Waals surface area (Å²) in [6.45, 7) is 2.91. The average Bonchev–Trinajstić information content (AvgIpc) is 2.95. The van der Waals surface area contributed by atoms with E-state index < -0.39 is 0 Å². The van der Waals surface area contributed by atoms with Gasteiger partial charge >= 0.3 is 6.09 Å². The molecule has 1 aromatic carbocycles. The van der Waals surface area contributed by atoms with Crippen molar-refractivity contribution in [3.8, 4) is 0 Å². The Balaban J connectivity index is 1.81. The molecule has 2 aliphatic heterocycles. The molecule has 5 heteroatoms. The molecule has 1 atom stereocenters. The molecule has 96 valence electrons. The standard InChI is InChI=1S/C13H15BrN2O2/c14-11-3-1-10(2-4-11)7-16-12(17)18-9-13(16)5-6-15-8-13/h1-4,15H,5-9H2. The third-order valence-electron chi connectivity index (χ3n) is 3.73. The highest BCUT2D eigenvalue weighted by atomic mass is 79.9. The molecule has 1 amide bonds. The van der Waals surface area contributed by atoms with Crippen LogP contribution in [-0.4, -0.2) is 36.2 Å². The Hall–Kier alpha value is -1.07. The SMILES string of the molecule is O=C1OCC2(CCNC2)N1Cc1ccc(Br)cc1. The first-order valence-corrected chi connectivity index (χ1v) is 6.89. The average molecular weight is 311 g/mol. The molecule has 2 fully saturated rings. The fourth-order valence-corrected chi connectivity index (χ4v) is 2.90. The van der Waals surface area contributed by atoms with E-state index in [1.54, 1.807) is 0 Å². The van der Waals surface area contributed by atoms with Crippen molar-refractivity contribution in [2.75, 3.05) is 19.7 Å². The zero-order chi connectivity index (χ0) is 12.6. The molecule has 0 bridgehead atoms. The highest BCUT2D eigenvalue weighted by Gasteiger charge is 2.48. The number of ether oxygens (including phenoxy) is 1. The van der Waals surface area contributed by atoms with Gasteiger partial charge in [-0.3, -0.25) is 4.90 Å². The number of carbonyl (C=O) groups is 1. The molecule has 0 aromatic heterocycles. The minimum absolute atomic E-state index is 0.135. The number of nitrogens with one attached hydrogen (secondary N) is 1. The van der Waals surface area contributed by atoms with Gasteiger partial charge in [0.1, 0.15) is 6.61 Å². The van der Waals surface area contributed by atoms with E-state index in [1.165, 1.54) is 0 Å². The van der Waals surface area contributed by atoms with Crippen molar-refractivity contribution in [2.45, 2.75) is 18.5 Å². The summed E-state index contributed by atoms with van der Waals surface area (Å²) in [5.41, 5.74) is 0.993. The zero-order valence-corrected chi connectivity index (χ0v) is 11.6. The van der Waals surface area contributed by atoms with Crippen LogP contribution < -0.4 is 5.32 Å². The number of amides is 1. The Kier molecular flexibility index (Phi) is 3.03. The van der Waals surface area contributed by atoms with Crippen LogP contribution in [0.15, 0.2) is 28.7 Å². The molecule has 1 N–H and O–H groups in total. The van der Waals surface area contributed by atoms with E-state index in [2.05, 4.69) is 21.2 Å². The highest BCUT2D eigenvalue weighted by Crippen LogP contribution is 2.31. The number of benzene rings is 1. The van der Waals surface area contributed by atoms with Gasteiger partial charge in [0.25, 0.3) is 0 Å². The molecule has 3 rings (SSSR count). The van der Waals surface area contributed by atoms with Gasteiger partial charge in [-0.1, -0.05) is 28.1 Å². The highest BCUT2D eigenvalue weighted by molar-refractivity contribution is 9.10. The third kappa shape index (κ3) is 2.01. The van der Waals surface area contributed by atoms with Gasteiger partial charge in [0.15, 0.2) is 0 Å². The topological polar surface area (TPSA) is 41.6 Å². The minimum atomic E-state index is -0.193. The van der Waals surface area contributed by atoms with Gasteiger partial charge in [0.2, 0.25) is 0 Å². The van der Waals surface area contributed by atoms with Gasteiger partial charge in [0, 0.05) is 17.6 Å². The van der Waals surface area contributed by atoms with Gasteiger partial charge in [-0.25, -0.2) is 4.79 Å². The predicted molar refractivity (Wildman–Crippen MR) is 71.3 cm³/mol. The van der Waals surface area contributed by atoms with Crippen molar-refractivity contribution in [1.82, 2.24) is 10.2 Å². The molecule has 0 radical (unpaired) electrons. The lowest BCUT2D eigenvalue weighted by atomic mass is 9.98. The summed E-state index contributed by atoms with van der Waals surface area (Å²) in [6, 6.07) is 8.06. The summed E-state index contributed by atoms with van der Waals surface area (Å²) < 4.78 is 6.29. The number of carbonyl (C=O) groups excluding carboxylic acids is 1. The maximum atomic E-state index is 11.9. The van der Waals surface area contributed by atoms with Gasteiger partial charge in [-0.15, -0.1) is 0 Å². The molecular weight excluding hydrogens is 296 g/mol. The molecule has 0 aliphatic carbocycles. The van der Waals surface area contributed by atoms with Crippen LogP contribution in [0.1, 0.15) is 12.0 Å². The quantitative estimate of drug-likeness (QED) is 0.910. The Bertz CT molecular complexity index is 455. The molecule has 0 saturated carbocycles. The number of hydrogen-bond donors (Lipinski definition) is 1. The summed E-state index contributed by atoms with van der Waals surface area (Å²) in [5.74, 6) is 0. The number of nitrogens with zero attached hydrogens (tertiary/aromatic N) is 1. The van der Waals surface area contributed by atoms with Crippen molar-refractivity contribution < 1.29 is 9.53 Å². The van der Waals surface area contributed by atoms with E-state index in [4.69, 9.17) is 4.74 Å². The fourth-order valence-electron chi connectivity index (χ4n) is 2.63. The Morgan fingerprint density at radius 1 is 1.39 bits per heavy atom. The summed E-state index contributed by atoms with van der Waals surface area (Å²) in [4.78, 5) is 13.7. The largest absolute Gasteiger partial charge is 0.447 e. The van der Waals surface area contributed by atoms with Crippen LogP contribution >= 0.6 is 15.9 Å². The van der Waals surface area contributed by atoms with Gasteiger partial charge in [0.05, 0.1) is 5.54 Å². The van der Waals surface area contributed by atoms with Crippen LogP contribution in [-0.2, 0) is 11.3 Å². The molecule has 1 unspecified atom stereocenters. The van der Waals surface area contributed by atoms with Crippen LogP contribution in [0.5, 0.6) is 0 Å². The van der Waals surface area contributed by atoms with Crippen molar-refractivity contribution >= 4 is 22.0 Å². The number of cyclic esters (lactones) is 1. The summed E-state index contributed by atoms with van der Waals surface area (Å²) >= 11 is 3.41. The van der Waals surface area contributed by atoms with Crippen molar-refractivity contribution in [3.63, 3.8) is 0 Å². The van der Waals surface area contributed by atoms with Crippen LogP contribution in [0.2, 0.25) is 0 Å². The molecule has 2 heterocycles. The van der Waals surface area contributed by atoms with Crippen LogP contribution in [0.25, 0.3) is 0 Å². The lowest BCUT2D eigenvalue weighted by molar-refractivity contribution is 0.150. The number of rotatable bonds is 2. The molecular formula is C13H15BrN2O2. The third-order valence-corrected chi connectivity index (χ3v) is 4.26. The number of hydrogen-bond acceptors (Lipinski definition) is 3. The Labute approximate surface area is 114 Å². The Morgan fingerprint density at radius 3 is 2.83 bits per heavy atom. The first kappa shape index (κ1) is 12.0. The monoisotopic (exact) mass is 310 g/mol. The van der Waals surface area contributed by atoms with E-state index in [0.29, 0.717) is 13.2 Å². The second kappa shape index (κ2) is 4.55. The Morgan fingerprint density at radius 2 is 2.17 bits per heavy atom. The smallest absolute Gasteiger partial charge is 0.410 e. The first-order chi connectivity index (χ1) is 8.70. The molecule has 18 heavy (non-hydrogen) atoms. The van der Waals surface area contributed by atoms with Gasteiger partial charge in [-0.05, 0) is 30.7 Å². The maximum Gasteiger partial charge on any atom is 0.410 e. The molecule has 2 aliphatic rings. The second-order valence-electron chi connectivity index (χ2n) is 4.92. The van der Waals surface area contributed by atoms with Gasteiger partial charge < -0.3 is 10.1 Å². The zero-order valence-electron chi connectivity index (χ0n) is 9.99. The maximum absolute atomic E-state index is 11.9. The van der Waals surface area contributed by atoms with Crippen LogP contribution in [0.3, 0.4) is 0 Å². The van der Waals surface area contributed by atoms with E-state index in [1.807, 2.05) is 29.2 Å². The lowest BCUT2D eigenvalue weighted by Gasteiger charge is -2.30. The summed E-state index contributed by atoms with van der Waals surface area (Å²) in [6.07, 6.45) is 0.775. The summed E-state index contributed by atoms with van der Waals surface area (Å²) in [5, 5.41) is 3.32. The van der Waals surface area contributed by atoms with Gasteiger partial charge in [-0.2, -0.15) is 0 Å².